The van der Waals surface area contributed by atoms with Crippen molar-refractivity contribution in [3.8, 4) is 0 Å². The standard InChI is InChI=1S/C25H32N6O6S/c26-25(27)28-14-4-9-22(32)29-18-12-10-17(11-13-18)16-20(24(34)35)30-23(33)21-8-5-15-31(21)38(36,37)19-6-2-1-3-7-19/h1-3,6-7,10-13,20-21H,4-5,8-9,14-16H2,(H,29,32)(H,30,33)(H,34,35)(H4,26,27,28)/t20?,21-/m0/s1. The molecule has 1 saturated heterocycles. The number of hydrogen-bond acceptors (Lipinski definition) is 6. The Morgan fingerprint density at radius 1 is 1.11 bits per heavy atom. The molecule has 38 heavy (non-hydrogen) atoms. The number of carboxylic acids is 1. The van der Waals surface area contributed by atoms with Crippen LogP contribution >= 0.6 is 0 Å². The second kappa shape index (κ2) is 13.0. The molecule has 1 fully saturated rings. The number of nitrogens with one attached hydrogen (secondary N) is 4. The molecule has 1 aliphatic rings. The van der Waals surface area contributed by atoms with E-state index in [4.69, 9.17) is 11.1 Å². The van der Waals surface area contributed by atoms with Crippen molar-refractivity contribution in [3.05, 3.63) is 60.2 Å². The average Bonchev–Trinajstić information content (AvgIpc) is 3.39. The van der Waals surface area contributed by atoms with E-state index in [0.29, 0.717) is 37.1 Å². The van der Waals surface area contributed by atoms with Gasteiger partial charge in [-0.05, 0) is 49.1 Å². The van der Waals surface area contributed by atoms with Gasteiger partial charge in [-0.1, -0.05) is 30.3 Å². The molecule has 0 saturated carbocycles. The van der Waals surface area contributed by atoms with Crippen LogP contribution in [-0.4, -0.2) is 66.7 Å². The van der Waals surface area contributed by atoms with Crippen LogP contribution < -0.4 is 21.7 Å². The van der Waals surface area contributed by atoms with Crippen molar-refractivity contribution in [1.82, 2.24) is 14.9 Å². The number of amides is 2. The van der Waals surface area contributed by atoms with Crippen molar-refractivity contribution in [2.24, 2.45) is 5.73 Å². The third kappa shape index (κ3) is 7.76. The number of sulfonamides is 1. The lowest BCUT2D eigenvalue weighted by atomic mass is 10.0. The zero-order valence-corrected chi connectivity index (χ0v) is 21.5. The maximum atomic E-state index is 13.1. The molecule has 1 unspecified atom stereocenters. The molecule has 0 bridgehead atoms. The van der Waals surface area contributed by atoms with Gasteiger partial charge in [0.15, 0.2) is 5.96 Å². The van der Waals surface area contributed by atoms with E-state index in [1.165, 1.54) is 12.1 Å². The fourth-order valence-electron chi connectivity index (χ4n) is 4.14. The monoisotopic (exact) mass is 544 g/mol. The molecule has 0 spiro atoms. The van der Waals surface area contributed by atoms with E-state index in [-0.39, 0.29) is 36.1 Å². The first-order chi connectivity index (χ1) is 18.1. The molecule has 2 atom stereocenters. The van der Waals surface area contributed by atoms with Gasteiger partial charge in [-0.3, -0.25) is 15.0 Å². The molecule has 0 aliphatic carbocycles. The molecular weight excluding hydrogens is 512 g/mol. The quantitative estimate of drug-likeness (QED) is 0.128. The molecular formula is C25H32N6O6S. The van der Waals surface area contributed by atoms with Crippen LogP contribution in [0.15, 0.2) is 59.5 Å². The first kappa shape index (κ1) is 28.6. The summed E-state index contributed by atoms with van der Waals surface area (Å²) in [5.74, 6) is -2.28. The summed E-state index contributed by atoms with van der Waals surface area (Å²) < 4.78 is 27.2. The minimum Gasteiger partial charge on any atom is -0.480 e. The molecule has 2 aromatic rings. The number of guanidine groups is 1. The van der Waals surface area contributed by atoms with Gasteiger partial charge >= 0.3 is 5.97 Å². The Balaban J connectivity index is 1.58. The number of benzene rings is 2. The lowest BCUT2D eigenvalue weighted by Gasteiger charge is -2.25. The van der Waals surface area contributed by atoms with E-state index in [2.05, 4.69) is 16.0 Å². The normalized spacial score (nSPS) is 16.4. The Morgan fingerprint density at radius 3 is 2.42 bits per heavy atom. The number of carbonyl (C=O) groups excluding carboxylic acids is 2. The molecule has 204 valence electrons. The van der Waals surface area contributed by atoms with Crippen LogP contribution in [0.1, 0.15) is 31.2 Å². The van der Waals surface area contributed by atoms with Crippen LogP contribution in [0.4, 0.5) is 5.69 Å². The first-order valence-electron chi connectivity index (χ1n) is 12.1. The second-order valence-electron chi connectivity index (χ2n) is 8.88. The Kier molecular flexibility index (Phi) is 9.79. The van der Waals surface area contributed by atoms with E-state index in [0.717, 1.165) is 4.31 Å². The summed E-state index contributed by atoms with van der Waals surface area (Å²) in [6.45, 7) is 0.578. The highest BCUT2D eigenvalue weighted by Gasteiger charge is 2.40. The Morgan fingerprint density at radius 2 is 1.79 bits per heavy atom. The van der Waals surface area contributed by atoms with Crippen molar-refractivity contribution in [2.75, 3.05) is 18.4 Å². The Labute approximate surface area is 221 Å². The predicted octanol–water partition coefficient (Wildman–Crippen LogP) is 0.854. The van der Waals surface area contributed by atoms with Crippen LogP contribution in [0, 0.1) is 5.41 Å². The van der Waals surface area contributed by atoms with Crippen molar-refractivity contribution in [1.29, 1.82) is 5.41 Å². The lowest BCUT2D eigenvalue weighted by Crippen LogP contribution is -2.51. The maximum Gasteiger partial charge on any atom is 0.326 e. The van der Waals surface area contributed by atoms with E-state index in [1.807, 2.05) is 0 Å². The number of hydrogen-bond donors (Lipinski definition) is 6. The van der Waals surface area contributed by atoms with Gasteiger partial charge in [0.05, 0.1) is 4.90 Å². The van der Waals surface area contributed by atoms with Crippen molar-refractivity contribution >= 4 is 39.5 Å². The Hall–Kier alpha value is -3.97. The highest BCUT2D eigenvalue weighted by Crippen LogP contribution is 2.26. The fraction of sp³-hybridized carbons (Fsp3) is 0.360. The average molecular weight is 545 g/mol. The SMILES string of the molecule is N=C(N)NCCCC(=O)Nc1ccc(CC(NC(=O)[C@@H]2CCCN2S(=O)(=O)c2ccccc2)C(=O)O)cc1. The van der Waals surface area contributed by atoms with Crippen molar-refractivity contribution in [3.63, 3.8) is 0 Å². The lowest BCUT2D eigenvalue weighted by molar-refractivity contribution is -0.142. The molecule has 2 amide bonds. The second-order valence-corrected chi connectivity index (χ2v) is 10.8. The van der Waals surface area contributed by atoms with Gasteiger partial charge in [-0.2, -0.15) is 4.31 Å². The highest BCUT2D eigenvalue weighted by molar-refractivity contribution is 7.89. The minimum atomic E-state index is -3.90. The molecule has 0 aromatic heterocycles. The molecule has 1 heterocycles. The predicted molar refractivity (Wildman–Crippen MR) is 141 cm³/mol. The molecule has 13 heteroatoms. The van der Waals surface area contributed by atoms with Gasteiger partial charge in [0.2, 0.25) is 21.8 Å². The zero-order chi connectivity index (χ0) is 27.7. The number of rotatable bonds is 12. The highest BCUT2D eigenvalue weighted by atomic mass is 32.2. The summed E-state index contributed by atoms with van der Waals surface area (Å²) in [6, 6.07) is 12.1. The van der Waals surface area contributed by atoms with Crippen LogP contribution in [0.2, 0.25) is 0 Å². The third-order valence-electron chi connectivity index (χ3n) is 6.04. The fourth-order valence-corrected chi connectivity index (χ4v) is 5.82. The van der Waals surface area contributed by atoms with Gasteiger partial charge in [0, 0.05) is 31.6 Å². The van der Waals surface area contributed by atoms with E-state index >= 15 is 0 Å². The number of anilines is 1. The van der Waals surface area contributed by atoms with Crippen LogP contribution in [0.3, 0.4) is 0 Å². The van der Waals surface area contributed by atoms with Crippen molar-refractivity contribution < 1.29 is 27.9 Å². The zero-order valence-electron chi connectivity index (χ0n) is 20.7. The molecule has 7 N–H and O–H groups in total. The van der Waals surface area contributed by atoms with E-state index < -0.39 is 34.0 Å². The largest absolute Gasteiger partial charge is 0.480 e. The molecule has 0 radical (unpaired) electrons. The number of carbonyl (C=O) groups is 3. The molecule has 12 nitrogen and oxygen atoms in total. The van der Waals surface area contributed by atoms with Gasteiger partial charge in [0.25, 0.3) is 0 Å². The van der Waals surface area contributed by atoms with Crippen molar-refractivity contribution in [2.45, 2.75) is 49.1 Å². The minimum absolute atomic E-state index is 0.0236. The van der Waals surface area contributed by atoms with E-state index in [9.17, 15) is 27.9 Å². The molecule has 1 aliphatic heterocycles. The summed E-state index contributed by atoms with van der Waals surface area (Å²) in [5, 5.41) is 24.6. The number of carboxylic acid groups (broad SMARTS) is 1. The number of nitrogens with zero attached hydrogens (tertiary/aromatic N) is 1. The van der Waals surface area contributed by atoms with E-state index in [1.54, 1.807) is 42.5 Å². The smallest absolute Gasteiger partial charge is 0.326 e. The number of nitrogens with two attached hydrogens (primary N) is 1. The molecule has 3 rings (SSSR count). The van der Waals surface area contributed by atoms with Crippen LogP contribution in [0.5, 0.6) is 0 Å². The number of aliphatic carboxylic acids is 1. The summed E-state index contributed by atoms with van der Waals surface area (Å²) >= 11 is 0. The Bertz CT molecular complexity index is 1250. The van der Waals surface area contributed by atoms with Gasteiger partial charge in [0.1, 0.15) is 12.1 Å². The van der Waals surface area contributed by atoms with Gasteiger partial charge in [-0.15, -0.1) is 0 Å². The summed E-state index contributed by atoms with van der Waals surface area (Å²) in [7, 11) is -3.90. The van der Waals surface area contributed by atoms with Crippen LogP contribution in [-0.2, 0) is 30.8 Å². The first-order valence-corrected chi connectivity index (χ1v) is 13.6. The molecule has 2 aromatic carbocycles. The van der Waals surface area contributed by atoms with Gasteiger partial charge in [-0.25, -0.2) is 13.2 Å². The van der Waals surface area contributed by atoms with Crippen LogP contribution in [0.25, 0.3) is 0 Å². The summed E-state index contributed by atoms with van der Waals surface area (Å²) in [6.07, 6.45) is 1.48. The van der Waals surface area contributed by atoms with Gasteiger partial charge < -0.3 is 26.8 Å². The third-order valence-corrected chi connectivity index (χ3v) is 7.97. The summed E-state index contributed by atoms with van der Waals surface area (Å²) in [5.41, 5.74) is 6.33. The summed E-state index contributed by atoms with van der Waals surface area (Å²) in [4.78, 5) is 37.0. The maximum absolute atomic E-state index is 13.1. The topological polar surface area (TPSA) is 195 Å².